The van der Waals surface area contributed by atoms with E-state index in [2.05, 4.69) is 31.0 Å². The van der Waals surface area contributed by atoms with Crippen molar-refractivity contribution in [3.63, 3.8) is 0 Å². The molecule has 2 saturated heterocycles. The topological polar surface area (TPSA) is 204 Å². The smallest absolute Gasteiger partial charge is 0.405 e. The Morgan fingerprint density at radius 3 is 2.51 bits per heavy atom. The molecule has 3 aromatic heterocycles. The highest BCUT2D eigenvalue weighted by Crippen LogP contribution is 2.37. The van der Waals surface area contributed by atoms with Crippen LogP contribution in [-0.2, 0) is 34.4 Å². The van der Waals surface area contributed by atoms with Gasteiger partial charge in [0.05, 0.1) is 46.2 Å². The Hall–Kier alpha value is -7.75. The number of halogens is 3. The van der Waals surface area contributed by atoms with Gasteiger partial charge in [0.1, 0.15) is 17.6 Å². The van der Waals surface area contributed by atoms with Gasteiger partial charge in [-0.1, -0.05) is 59.9 Å². The maximum absolute atomic E-state index is 14.6. The molecule has 2 atom stereocenters. The van der Waals surface area contributed by atoms with E-state index in [0.717, 1.165) is 21.3 Å². The number of fused-ring (bicyclic) bond motifs is 3. The molecule has 2 fully saturated rings. The highest BCUT2D eigenvalue weighted by atomic mass is 32.1. The molecule has 1 unspecified atom stereocenters. The number of alkyl halides is 3. The van der Waals surface area contributed by atoms with E-state index in [1.807, 2.05) is 41.3 Å². The summed E-state index contributed by atoms with van der Waals surface area (Å²) < 4.78 is 52.4. The minimum Gasteiger partial charge on any atom is -0.493 e. The van der Waals surface area contributed by atoms with E-state index in [9.17, 15) is 42.3 Å². The second kappa shape index (κ2) is 20.6. The van der Waals surface area contributed by atoms with Gasteiger partial charge in [-0.05, 0) is 90.9 Å². The molecular formula is C53H51F3N10O7S. The minimum absolute atomic E-state index is 0.0605. The van der Waals surface area contributed by atoms with Gasteiger partial charge in [0.15, 0.2) is 10.8 Å². The maximum atomic E-state index is 14.6. The van der Waals surface area contributed by atoms with Crippen LogP contribution in [0, 0.1) is 6.92 Å². The van der Waals surface area contributed by atoms with Crippen LogP contribution in [0.3, 0.4) is 0 Å². The third-order valence-electron chi connectivity index (χ3n) is 13.9. The van der Waals surface area contributed by atoms with Gasteiger partial charge in [-0.25, -0.2) is 14.8 Å². The number of aromatic nitrogens is 4. The van der Waals surface area contributed by atoms with Gasteiger partial charge in [0.25, 0.3) is 5.91 Å². The number of thiazole rings is 1. The Morgan fingerprint density at radius 1 is 0.905 bits per heavy atom. The summed E-state index contributed by atoms with van der Waals surface area (Å²) in [5, 5.41) is 24.3. The van der Waals surface area contributed by atoms with Gasteiger partial charge < -0.3 is 20.1 Å². The lowest BCUT2D eigenvalue weighted by Crippen LogP contribution is -2.60. The number of imide groups is 1. The number of benzene rings is 4. The standard InChI is InChI=1S/C53H51F3N10O7S/c1-30-32(33-17-19-43(59-47(33)51(71)72)66-23-21-31-9-5-11-34(37(31)27-66)49(69)61-52-58-38-13-3-4-16-41(38)74-52)10-7-15-40(30)73-26-8-22-65-25-24-64(28-42(65)53(54,55)56)29-45(68)57-39-14-6-12-35-46(62-63(2)48(35)39)36-18-20-44(67)60-50(36)70/h3-7,9-17,19,36,42H,8,18,20-29H2,1-2H3,(H,57,68)(H,71,72)(H,58,61,69)(H,60,67,70)/t36?,42-/m0/s1. The highest BCUT2D eigenvalue weighted by molar-refractivity contribution is 7.22. The van der Waals surface area contributed by atoms with Crippen molar-refractivity contribution in [3.05, 3.63) is 125 Å². The number of carboxylic acid groups (broad SMARTS) is 1. The highest BCUT2D eigenvalue weighted by Gasteiger charge is 2.46. The first kappa shape index (κ1) is 49.8. The number of carbonyl (C=O) groups excluding carboxylic acids is 4. The van der Waals surface area contributed by atoms with Gasteiger partial charge >= 0.3 is 12.1 Å². The quantitative estimate of drug-likeness (QED) is 0.0615. The molecule has 10 rings (SSSR count). The predicted molar refractivity (Wildman–Crippen MR) is 273 cm³/mol. The molecule has 4 aromatic carbocycles. The zero-order valence-corrected chi connectivity index (χ0v) is 41.2. The first-order chi connectivity index (χ1) is 35.6. The summed E-state index contributed by atoms with van der Waals surface area (Å²) in [5.74, 6) is -2.58. The van der Waals surface area contributed by atoms with Gasteiger partial charge in [0, 0.05) is 69.3 Å². The largest absolute Gasteiger partial charge is 0.493 e. The lowest BCUT2D eigenvalue weighted by Gasteiger charge is -2.41. The van der Waals surface area contributed by atoms with Crippen molar-refractivity contribution in [2.24, 2.45) is 7.05 Å². The first-order valence-corrected chi connectivity index (χ1v) is 25.0. The van der Waals surface area contributed by atoms with Crippen molar-refractivity contribution in [1.82, 2.24) is 34.9 Å². The van der Waals surface area contributed by atoms with E-state index < -0.39 is 42.5 Å². The zero-order valence-electron chi connectivity index (χ0n) is 40.4. The molecule has 4 amide bonds. The van der Waals surface area contributed by atoms with E-state index in [4.69, 9.17) is 4.74 Å². The Bertz CT molecular complexity index is 3330. The molecule has 6 heterocycles. The fraction of sp³-hybridized carbons (Fsp3) is 0.321. The van der Waals surface area contributed by atoms with Crippen LogP contribution in [0.5, 0.6) is 5.75 Å². The van der Waals surface area contributed by atoms with Gasteiger partial charge in [-0.2, -0.15) is 18.3 Å². The van der Waals surface area contributed by atoms with Crippen LogP contribution in [0.4, 0.5) is 29.8 Å². The number of nitrogens with one attached hydrogen (secondary N) is 3. The van der Waals surface area contributed by atoms with Gasteiger partial charge in [-0.3, -0.25) is 44.3 Å². The third kappa shape index (κ3) is 10.3. The van der Waals surface area contributed by atoms with Gasteiger partial charge in [-0.15, -0.1) is 0 Å². The molecule has 3 aliphatic heterocycles. The number of pyridine rings is 1. The molecule has 0 saturated carbocycles. The number of amides is 4. The van der Waals surface area contributed by atoms with Crippen LogP contribution in [-0.4, -0.2) is 122 Å². The summed E-state index contributed by atoms with van der Waals surface area (Å²) in [5.41, 5.74) is 5.94. The molecule has 3 aliphatic rings. The summed E-state index contributed by atoms with van der Waals surface area (Å²) in [7, 11) is 1.67. The van der Waals surface area contributed by atoms with Crippen molar-refractivity contribution in [3.8, 4) is 16.9 Å². The predicted octanol–water partition coefficient (Wildman–Crippen LogP) is 7.54. The number of piperidine rings is 1. The molecule has 0 aliphatic carbocycles. The van der Waals surface area contributed by atoms with E-state index in [1.54, 1.807) is 73.3 Å². The molecule has 0 bridgehead atoms. The van der Waals surface area contributed by atoms with E-state index in [1.165, 1.54) is 21.1 Å². The van der Waals surface area contributed by atoms with Crippen LogP contribution >= 0.6 is 11.3 Å². The molecule has 21 heteroatoms. The molecule has 4 N–H and O–H groups in total. The van der Waals surface area contributed by atoms with E-state index >= 15 is 0 Å². The SMILES string of the molecule is Cc1c(OCCCN2CCN(CC(=O)Nc3cccc4c(C5CCC(=O)NC5=O)nn(C)c34)C[C@H]2C(F)(F)F)cccc1-c1ccc(N2CCc3cccc(C(=O)Nc4nc5ccccc5s4)c3C2)nc1C(=O)O. The van der Waals surface area contributed by atoms with Gasteiger partial charge in [0.2, 0.25) is 17.7 Å². The number of aromatic carboxylic acids is 1. The third-order valence-corrected chi connectivity index (χ3v) is 14.9. The average Bonchev–Trinajstić information content (AvgIpc) is 3.95. The summed E-state index contributed by atoms with van der Waals surface area (Å²) in [6, 6.07) is 25.3. The summed E-state index contributed by atoms with van der Waals surface area (Å²) in [4.78, 5) is 78.2. The fourth-order valence-electron chi connectivity index (χ4n) is 10.3. The zero-order chi connectivity index (χ0) is 51.8. The molecule has 0 spiro atoms. The van der Waals surface area contributed by atoms with Crippen LogP contribution in [0.25, 0.3) is 32.2 Å². The molecule has 7 aromatic rings. The molecule has 74 heavy (non-hydrogen) atoms. The lowest BCUT2D eigenvalue weighted by atomic mass is 9.92. The second-order valence-electron chi connectivity index (χ2n) is 18.6. The monoisotopic (exact) mass is 1030 g/mol. The molecule has 0 radical (unpaired) electrons. The second-order valence-corrected chi connectivity index (χ2v) is 19.7. The number of rotatable bonds is 14. The number of carbonyl (C=O) groups is 5. The first-order valence-electron chi connectivity index (χ1n) is 24.2. The van der Waals surface area contributed by atoms with Crippen LogP contribution in [0.2, 0.25) is 0 Å². The van der Waals surface area contributed by atoms with E-state index in [-0.39, 0.29) is 63.1 Å². The Kier molecular flexibility index (Phi) is 13.9. The van der Waals surface area contributed by atoms with Crippen LogP contribution in [0.15, 0.2) is 91.0 Å². The average molecular weight is 1030 g/mol. The lowest BCUT2D eigenvalue weighted by molar-refractivity contribution is -0.197. The van der Waals surface area contributed by atoms with Crippen molar-refractivity contribution < 1.29 is 47.0 Å². The minimum atomic E-state index is -4.57. The van der Waals surface area contributed by atoms with Crippen molar-refractivity contribution in [2.45, 2.75) is 57.3 Å². The number of ether oxygens (including phenoxy) is 1. The maximum Gasteiger partial charge on any atom is 0.405 e. The number of piperazine rings is 1. The van der Waals surface area contributed by atoms with Crippen molar-refractivity contribution in [1.29, 1.82) is 0 Å². The fourth-order valence-corrected chi connectivity index (χ4v) is 11.1. The number of hydrogen-bond acceptors (Lipinski definition) is 13. The van der Waals surface area contributed by atoms with Crippen LogP contribution < -0.4 is 25.6 Å². The molecular weight excluding hydrogens is 978 g/mol. The normalized spacial score (nSPS) is 17.6. The summed E-state index contributed by atoms with van der Waals surface area (Å²) >= 11 is 1.39. The Morgan fingerprint density at radius 2 is 1.72 bits per heavy atom. The number of carboxylic acids is 1. The summed E-state index contributed by atoms with van der Waals surface area (Å²) in [6.07, 6.45) is -3.24. The number of aryl methyl sites for hydroxylation is 1. The van der Waals surface area contributed by atoms with Crippen molar-refractivity contribution >= 4 is 78.7 Å². The number of nitrogens with zero attached hydrogens (tertiary/aromatic N) is 7. The van der Waals surface area contributed by atoms with E-state index in [0.29, 0.717) is 87.2 Å². The molecule has 382 valence electrons. The Labute approximate surface area is 426 Å². The van der Waals surface area contributed by atoms with Crippen LogP contribution in [0.1, 0.15) is 68.4 Å². The van der Waals surface area contributed by atoms with Crippen molar-refractivity contribution in [2.75, 3.05) is 61.4 Å². The number of hydrogen-bond donors (Lipinski definition) is 4. The number of para-hydroxylation sites is 2. The number of anilines is 3. The summed E-state index contributed by atoms with van der Waals surface area (Å²) in [6.45, 7) is 2.40. The Balaban J connectivity index is 0.755. The molecule has 17 nitrogen and oxygen atoms in total.